The molecule has 0 aliphatic rings. The van der Waals surface area contributed by atoms with E-state index in [1.807, 2.05) is 0 Å². The van der Waals surface area contributed by atoms with Gasteiger partial charge in [0.25, 0.3) is 0 Å². The van der Waals surface area contributed by atoms with Crippen molar-refractivity contribution in [3.8, 4) is 0 Å². The number of carbonyl (C=O) groups is 2. The Labute approximate surface area is 96.4 Å². The van der Waals surface area contributed by atoms with Crippen LogP contribution in [0.3, 0.4) is 0 Å². The van der Waals surface area contributed by atoms with Gasteiger partial charge in [-0.2, -0.15) is 0 Å². The van der Waals surface area contributed by atoms with Crippen LogP contribution in [0, 0.1) is 29.1 Å². The van der Waals surface area contributed by atoms with Gasteiger partial charge in [-0.1, -0.05) is 0 Å². The molecular weight excluding hydrogens is 263 g/mol. The zero-order valence-electron chi connectivity index (χ0n) is 8.44. The van der Waals surface area contributed by atoms with E-state index in [4.69, 9.17) is 0 Å². The van der Waals surface area contributed by atoms with Crippen molar-refractivity contribution in [1.82, 2.24) is 0 Å². The first-order chi connectivity index (χ1) is 8.20. The van der Waals surface area contributed by atoms with E-state index in [2.05, 4.69) is 11.5 Å². The Bertz CT molecular complexity index is 503. The number of nitrogens with two attached hydrogens (primary N) is 2. The highest BCUT2D eigenvalue weighted by Crippen LogP contribution is 2.28. The Morgan fingerprint density at radius 2 is 1.00 bits per heavy atom. The lowest BCUT2D eigenvalue weighted by molar-refractivity contribution is -0.128. The fourth-order valence-electron chi connectivity index (χ4n) is 1.30. The Morgan fingerprint density at radius 1 is 0.722 bits per heavy atom. The summed E-state index contributed by atoms with van der Waals surface area (Å²) in [6.07, 6.45) is 0. The van der Waals surface area contributed by atoms with Gasteiger partial charge < -0.3 is 11.5 Å². The Balaban J connectivity index is 3.69. The van der Waals surface area contributed by atoms with Gasteiger partial charge in [0.05, 0.1) is 5.56 Å². The summed E-state index contributed by atoms with van der Waals surface area (Å²) in [6, 6.07) is 0. The molecule has 0 bridgehead atoms. The molecule has 1 aromatic carbocycles. The number of carbonyl (C=O) groups excluding carboxylic acids is 2. The molecule has 0 unspecified atom stereocenters. The average Bonchev–Trinajstić information content (AvgIpc) is 2.28. The fourth-order valence-corrected chi connectivity index (χ4v) is 1.30. The summed E-state index contributed by atoms with van der Waals surface area (Å²) in [6.45, 7) is 0. The highest BCUT2D eigenvalue weighted by atomic mass is 19.2. The van der Waals surface area contributed by atoms with Crippen LogP contribution >= 0.6 is 0 Å². The standard InChI is InChI=1S/C9H5F5N2O2/c10-3-1(2(8(15)17)9(16)18)4(11)6(13)7(14)5(3)12/h2H,(H2,15,17)(H2,16,18). The van der Waals surface area contributed by atoms with Gasteiger partial charge in [0.2, 0.25) is 17.6 Å². The van der Waals surface area contributed by atoms with Gasteiger partial charge >= 0.3 is 0 Å². The van der Waals surface area contributed by atoms with Crippen molar-refractivity contribution in [3.05, 3.63) is 34.6 Å². The molecule has 0 heterocycles. The smallest absolute Gasteiger partial charge is 0.234 e. The monoisotopic (exact) mass is 268 g/mol. The topological polar surface area (TPSA) is 86.2 Å². The van der Waals surface area contributed by atoms with E-state index in [0.29, 0.717) is 0 Å². The second-order valence-electron chi connectivity index (χ2n) is 3.22. The van der Waals surface area contributed by atoms with Crippen LogP contribution in [0.4, 0.5) is 22.0 Å². The SMILES string of the molecule is NC(=O)C(C(N)=O)c1c(F)c(F)c(F)c(F)c1F. The number of amides is 2. The molecule has 0 aliphatic carbocycles. The molecule has 0 atom stereocenters. The summed E-state index contributed by atoms with van der Waals surface area (Å²) in [4.78, 5) is 21.6. The maximum atomic E-state index is 13.2. The first-order valence-corrected chi connectivity index (χ1v) is 4.30. The summed E-state index contributed by atoms with van der Waals surface area (Å²) in [7, 11) is 0. The maximum absolute atomic E-state index is 13.2. The van der Waals surface area contributed by atoms with Crippen LogP contribution in [0.5, 0.6) is 0 Å². The normalized spacial score (nSPS) is 10.8. The predicted octanol–water partition coefficient (Wildman–Crippen LogP) is 0.436. The number of hydrogen-bond donors (Lipinski definition) is 2. The Kier molecular flexibility index (Phi) is 3.54. The molecule has 0 fully saturated rings. The quantitative estimate of drug-likeness (QED) is 0.360. The van der Waals surface area contributed by atoms with E-state index >= 15 is 0 Å². The summed E-state index contributed by atoms with van der Waals surface area (Å²) in [5, 5.41) is 0. The van der Waals surface area contributed by atoms with Crippen LogP contribution in [-0.4, -0.2) is 11.8 Å². The lowest BCUT2D eigenvalue weighted by atomic mass is 9.96. The van der Waals surface area contributed by atoms with Crippen molar-refractivity contribution >= 4 is 11.8 Å². The second kappa shape index (κ2) is 4.59. The summed E-state index contributed by atoms with van der Waals surface area (Å²) >= 11 is 0. The molecule has 1 aromatic rings. The van der Waals surface area contributed by atoms with Crippen LogP contribution in [0.1, 0.15) is 11.5 Å². The van der Waals surface area contributed by atoms with E-state index in [9.17, 15) is 31.5 Å². The molecule has 0 saturated carbocycles. The predicted molar refractivity (Wildman–Crippen MR) is 47.4 cm³/mol. The van der Waals surface area contributed by atoms with Crippen molar-refractivity contribution < 1.29 is 31.5 Å². The number of rotatable bonds is 3. The fraction of sp³-hybridized carbons (Fsp3) is 0.111. The number of halogens is 5. The van der Waals surface area contributed by atoms with E-state index in [1.165, 1.54) is 0 Å². The maximum Gasteiger partial charge on any atom is 0.234 e. The molecule has 2 amide bonds. The minimum Gasteiger partial charge on any atom is -0.369 e. The molecule has 4 nitrogen and oxygen atoms in total. The average molecular weight is 268 g/mol. The van der Waals surface area contributed by atoms with Crippen molar-refractivity contribution in [2.75, 3.05) is 0 Å². The molecule has 98 valence electrons. The van der Waals surface area contributed by atoms with Crippen molar-refractivity contribution in [1.29, 1.82) is 0 Å². The molecule has 18 heavy (non-hydrogen) atoms. The highest BCUT2D eigenvalue weighted by molar-refractivity contribution is 6.04. The zero-order chi connectivity index (χ0) is 14.2. The van der Waals surface area contributed by atoms with Crippen LogP contribution < -0.4 is 11.5 Å². The van der Waals surface area contributed by atoms with Gasteiger partial charge in [0.1, 0.15) is 5.92 Å². The number of benzene rings is 1. The van der Waals surface area contributed by atoms with Crippen LogP contribution in [0.25, 0.3) is 0 Å². The van der Waals surface area contributed by atoms with Gasteiger partial charge in [0, 0.05) is 0 Å². The Morgan fingerprint density at radius 3 is 1.28 bits per heavy atom. The Hall–Kier alpha value is -2.19. The van der Waals surface area contributed by atoms with Crippen molar-refractivity contribution in [2.45, 2.75) is 5.92 Å². The zero-order valence-corrected chi connectivity index (χ0v) is 8.44. The molecule has 0 aliphatic heterocycles. The van der Waals surface area contributed by atoms with E-state index < -0.39 is 52.4 Å². The number of hydrogen-bond acceptors (Lipinski definition) is 2. The van der Waals surface area contributed by atoms with E-state index in [-0.39, 0.29) is 0 Å². The van der Waals surface area contributed by atoms with Crippen LogP contribution in [-0.2, 0) is 9.59 Å². The first kappa shape index (κ1) is 13.9. The van der Waals surface area contributed by atoms with Gasteiger partial charge in [-0.15, -0.1) is 0 Å². The minimum atomic E-state index is -2.45. The lowest BCUT2D eigenvalue weighted by Crippen LogP contribution is -2.35. The summed E-state index contributed by atoms with van der Waals surface area (Å²) < 4.78 is 64.8. The van der Waals surface area contributed by atoms with Gasteiger partial charge in [-0.05, 0) is 0 Å². The second-order valence-corrected chi connectivity index (χ2v) is 3.22. The molecule has 0 aromatic heterocycles. The van der Waals surface area contributed by atoms with Gasteiger partial charge in [-0.3, -0.25) is 9.59 Å². The first-order valence-electron chi connectivity index (χ1n) is 4.30. The van der Waals surface area contributed by atoms with E-state index in [1.54, 1.807) is 0 Å². The van der Waals surface area contributed by atoms with Crippen LogP contribution in [0.2, 0.25) is 0 Å². The van der Waals surface area contributed by atoms with Crippen LogP contribution in [0.15, 0.2) is 0 Å². The highest BCUT2D eigenvalue weighted by Gasteiger charge is 2.36. The third-order valence-corrected chi connectivity index (χ3v) is 2.10. The van der Waals surface area contributed by atoms with Gasteiger partial charge in [-0.25, -0.2) is 22.0 Å². The minimum absolute atomic E-state index is 1.63. The molecular formula is C9H5F5N2O2. The molecule has 0 spiro atoms. The molecule has 0 radical (unpaired) electrons. The lowest BCUT2D eigenvalue weighted by Gasteiger charge is -2.13. The summed E-state index contributed by atoms with van der Waals surface area (Å²) in [5.74, 6) is -17.4. The number of primary amides is 2. The van der Waals surface area contributed by atoms with Crippen molar-refractivity contribution in [2.24, 2.45) is 11.5 Å². The largest absolute Gasteiger partial charge is 0.369 e. The molecule has 9 heteroatoms. The van der Waals surface area contributed by atoms with E-state index in [0.717, 1.165) is 0 Å². The third-order valence-electron chi connectivity index (χ3n) is 2.10. The van der Waals surface area contributed by atoms with Crippen molar-refractivity contribution in [3.63, 3.8) is 0 Å². The third kappa shape index (κ3) is 1.98. The summed E-state index contributed by atoms with van der Waals surface area (Å²) in [5.41, 5.74) is 7.61. The molecule has 0 saturated heterocycles. The van der Waals surface area contributed by atoms with Gasteiger partial charge in [0.15, 0.2) is 23.3 Å². The molecule has 1 rings (SSSR count). The molecule has 4 N–H and O–H groups in total.